The van der Waals surface area contributed by atoms with Gasteiger partial charge in [-0.1, -0.05) is 50.6 Å². The molecule has 5 aliphatic rings. The third-order valence-corrected chi connectivity index (χ3v) is 8.35. The van der Waals surface area contributed by atoms with Crippen LogP contribution in [0.15, 0.2) is 53.3 Å². The second-order valence-corrected chi connectivity index (χ2v) is 10.1. The molecule has 5 aliphatic heterocycles. The van der Waals surface area contributed by atoms with Gasteiger partial charge in [-0.15, -0.1) is 0 Å². The zero-order valence-electron chi connectivity index (χ0n) is 19.4. The fraction of sp³-hybridized carbons (Fsp3) is 0.385. The highest BCUT2D eigenvalue weighted by Gasteiger charge is 2.67. The lowest BCUT2D eigenvalue weighted by atomic mass is 9.82. The van der Waals surface area contributed by atoms with Gasteiger partial charge in [-0.3, -0.25) is 23.9 Å². The van der Waals surface area contributed by atoms with E-state index in [1.165, 1.54) is 4.57 Å². The molecule has 0 radical (unpaired) electrons. The van der Waals surface area contributed by atoms with Gasteiger partial charge in [-0.05, 0) is 24.1 Å². The Kier molecular flexibility index (Phi) is 4.02. The van der Waals surface area contributed by atoms with Gasteiger partial charge in [0.2, 0.25) is 11.8 Å². The van der Waals surface area contributed by atoms with Crippen molar-refractivity contribution in [2.24, 2.45) is 5.92 Å². The molecule has 6 heterocycles. The number of anilines is 1. The second kappa shape index (κ2) is 6.77. The second-order valence-electron chi connectivity index (χ2n) is 10.1. The Labute approximate surface area is 201 Å². The molecular weight excluding hydrogens is 446 g/mol. The van der Waals surface area contributed by atoms with Crippen molar-refractivity contribution in [3.8, 4) is 0 Å². The standard InChI is InChI=1S/C26H25N5O4/c1-3-13(2)19-24(34)30-17-11-7-5-9-15(17)26(35)12-18-22(32)28-21(31(19)25(26)30)20-27-16-10-6-4-8-14(16)23(33)29(18)20/h4-11,13,18-19,21,25,35H,3,12H2,1-2H3,(H,28,32). The summed E-state index contributed by atoms with van der Waals surface area (Å²) in [6.45, 7) is 4.02. The molecular formula is C26H25N5O4. The molecule has 0 spiro atoms. The lowest BCUT2D eigenvalue weighted by Crippen LogP contribution is -2.64. The Morgan fingerprint density at radius 3 is 2.69 bits per heavy atom. The number of hydrogen-bond acceptors (Lipinski definition) is 6. The van der Waals surface area contributed by atoms with E-state index in [9.17, 15) is 19.5 Å². The number of nitrogens with zero attached hydrogens (tertiary/aromatic N) is 4. The molecule has 35 heavy (non-hydrogen) atoms. The third kappa shape index (κ3) is 2.39. The Morgan fingerprint density at radius 1 is 1.14 bits per heavy atom. The number of rotatable bonds is 2. The van der Waals surface area contributed by atoms with E-state index < -0.39 is 30.0 Å². The zero-order valence-corrected chi connectivity index (χ0v) is 19.4. The van der Waals surface area contributed by atoms with Gasteiger partial charge in [-0.25, -0.2) is 9.88 Å². The highest BCUT2D eigenvalue weighted by atomic mass is 16.3. The molecule has 2 fully saturated rings. The number of aliphatic hydroxyl groups is 1. The number of carbonyl (C=O) groups excluding carboxylic acids is 2. The number of nitrogens with one attached hydrogen (secondary N) is 1. The van der Waals surface area contributed by atoms with Gasteiger partial charge in [0.1, 0.15) is 24.0 Å². The molecule has 0 saturated carbocycles. The molecule has 8 rings (SSSR count). The zero-order chi connectivity index (χ0) is 24.2. The molecule has 9 heteroatoms. The number of para-hydroxylation sites is 2. The molecule has 1 aromatic heterocycles. The van der Waals surface area contributed by atoms with Crippen LogP contribution in [0.1, 0.15) is 50.3 Å². The summed E-state index contributed by atoms with van der Waals surface area (Å²) in [5, 5.41) is 15.8. The van der Waals surface area contributed by atoms with Crippen molar-refractivity contribution < 1.29 is 14.7 Å². The first-order chi connectivity index (χ1) is 16.9. The fourth-order valence-electron chi connectivity index (χ4n) is 6.61. The van der Waals surface area contributed by atoms with E-state index in [1.54, 1.807) is 23.1 Å². The molecule has 2 aromatic carbocycles. The number of fused-ring (bicyclic) bond motifs is 4. The number of aromatic nitrogens is 2. The molecule has 9 nitrogen and oxygen atoms in total. The number of carbonyl (C=O) groups is 2. The first-order valence-electron chi connectivity index (χ1n) is 12.1. The van der Waals surface area contributed by atoms with Gasteiger partial charge >= 0.3 is 0 Å². The molecule has 3 aromatic rings. The van der Waals surface area contributed by atoms with Crippen LogP contribution in [0.5, 0.6) is 0 Å². The Morgan fingerprint density at radius 2 is 1.89 bits per heavy atom. The molecule has 6 atom stereocenters. The summed E-state index contributed by atoms with van der Waals surface area (Å²) in [4.78, 5) is 49.6. The summed E-state index contributed by atoms with van der Waals surface area (Å²) < 4.78 is 1.45. The summed E-state index contributed by atoms with van der Waals surface area (Å²) in [5.41, 5.74) is -0.0422. The van der Waals surface area contributed by atoms with E-state index in [4.69, 9.17) is 4.98 Å². The minimum absolute atomic E-state index is 0.0480. The average Bonchev–Trinajstić information content (AvgIpc) is 3.29. The quantitative estimate of drug-likeness (QED) is 0.590. The van der Waals surface area contributed by atoms with Crippen LogP contribution in [-0.2, 0) is 15.2 Å². The monoisotopic (exact) mass is 471 g/mol. The lowest BCUT2D eigenvalue weighted by Gasteiger charge is -2.49. The Bertz CT molecular complexity index is 1500. The van der Waals surface area contributed by atoms with Gasteiger partial charge in [-0.2, -0.15) is 0 Å². The predicted octanol–water partition coefficient (Wildman–Crippen LogP) is 1.76. The summed E-state index contributed by atoms with van der Waals surface area (Å²) in [5.74, 6) is -0.118. The smallest absolute Gasteiger partial charge is 0.262 e. The first-order valence-corrected chi connectivity index (χ1v) is 12.1. The number of benzene rings is 2. The summed E-state index contributed by atoms with van der Waals surface area (Å²) in [6.07, 6.45) is -0.866. The fourth-order valence-corrected chi connectivity index (χ4v) is 6.61. The van der Waals surface area contributed by atoms with Crippen LogP contribution >= 0.6 is 0 Å². The van der Waals surface area contributed by atoms with Crippen LogP contribution in [0, 0.1) is 5.92 Å². The van der Waals surface area contributed by atoms with Gasteiger partial charge in [0, 0.05) is 12.0 Å². The van der Waals surface area contributed by atoms with Crippen molar-refractivity contribution >= 4 is 28.4 Å². The molecule has 178 valence electrons. The van der Waals surface area contributed by atoms with Crippen LogP contribution in [-0.4, -0.2) is 43.6 Å². The normalized spacial score (nSPS) is 31.6. The van der Waals surface area contributed by atoms with Crippen molar-refractivity contribution in [1.82, 2.24) is 19.8 Å². The summed E-state index contributed by atoms with van der Waals surface area (Å²) >= 11 is 0. The van der Waals surface area contributed by atoms with E-state index in [-0.39, 0.29) is 29.7 Å². The van der Waals surface area contributed by atoms with Gasteiger partial charge in [0.25, 0.3) is 5.56 Å². The van der Waals surface area contributed by atoms with Crippen LogP contribution in [0.25, 0.3) is 10.9 Å². The molecule has 2 N–H and O–H groups in total. The van der Waals surface area contributed by atoms with E-state index in [0.29, 0.717) is 28.0 Å². The van der Waals surface area contributed by atoms with Crippen molar-refractivity contribution in [1.29, 1.82) is 0 Å². The minimum Gasteiger partial charge on any atom is -0.381 e. The lowest BCUT2D eigenvalue weighted by molar-refractivity contribution is -0.146. The summed E-state index contributed by atoms with van der Waals surface area (Å²) in [7, 11) is 0. The summed E-state index contributed by atoms with van der Waals surface area (Å²) in [6, 6.07) is 12.9. The minimum atomic E-state index is -1.53. The number of hydrogen-bond donors (Lipinski definition) is 2. The topological polar surface area (TPSA) is 108 Å². The Balaban J connectivity index is 1.57. The predicted molar refractivity (Wildman–Crippen MR) is 127 cm³/mol. The van der Waals surface area contributed by atoms with Gasteiger partial charge in [0.15, 0.2) is 5.82 Å². The maximum Gasteiger partial charge on any atom is 0.262 e. The van der Waals surface area contributed by atoms with E-state index in [2.05, 4.69) is 5.32 Å². The van der Waals surface area contributed by atoms with Crippen LogP contribution < -0.4 is 15.8 Å². The van der Waals surface area contributed by atoms with Gasteiger partial charge in [0.05, 0.1) is 22.6 Å². The van der Waals surface area contributed by atoms with Crippen LogP contribution in [0.4, 0.5) is 5.69 Å². The van der Waals surface area contributed by atoms with E-state index in [0.717, 1.165) is 6.42 Å². The molecule has 2 bridgehead atoms. The highest BCUT2D eigenvalue weighted by molar-refractivity contribution is 6.03. The molecule has 0 aliphatic carbocycles. The SMILES string of the molecule is CCC(C)C1C(=O)N2c3ccccc3C3(O)CC4C(=O)NC(c5nc6ccccc6c(=O)n54)N1C23. The number of amides is 2. The van der Waals surface area contributed by atoms with Crippen molar-refractivity contribution in [2.75, 3.05) is 4.90 Å². The molecule has 2 saturated heterocycles. The largest absolute Gasteiger partial charge is 0.381 e. The molecule has 6 unspecified atom stereocenters. The third-order valence-electron chi connectivity index (χ3n) is 8.35. The van der Waals surface area contributed by atoms with Crippen molar-refractivity contribution in [3.05, 3.63) is 70.3 Å². The maximum atomic E-state index is 14.0. The molecule has 2 amide bonds. The van der Waals surface area contributed by atoms with E-state index in [1.807, 2.05) is 49.1 Å². The van der Waals surface area contributed by atoms with Crippen LogP contribution in [0.2, 0.25) is 0 Å². The van der Waals surface area contributed by atoms with E-state index >= 15 is 0 Å². The maximum absolute atomic E-state index is 14.0. The van der Waals surface area contributed by atoms with Crippen molar-refractivity contribution in [3.63, 3.8) is 0 Å². The van der Waals surface area contributed by atoms with Crippen LogP contribution in [0.3, 0.4) is 0 Å². The highest BCUT2D eigenvalue weighted by Crippen LogP contribution is 2.56. The average molecular weight is 472 g/mol. The van der Waals surface area contributed by atoms with Crippen molar-refractivity contribution in [2.45, 2.75) is 56.7 Å². The first kappa shape index (κ1) is 20.8. The van der Waals surface area contributed by atoms with Gasteiger partial charge < -0.3 is 10.4 Å². The Hall–Kier alpha value is -3.56.